The molecule has 0 atom stereocenters. The van der Waals surface area contributed by atoms with Gasteiger partial charge in [0.2, 0.25) is 0 Å². The maximum absolute atomic E-state index is 13.0. The van der Waals surface area contributed by atoms with Gasteiger partial charge < -0.3 is 5.32 Å². The van der Waals surface area contributed by atoms with Crippen LogP contribution in [0.5, 0.6) is 0 Å². The Morgan fingerprint density at radius 2 is 1.93 bits per heavy atom. The third-order valence-corrected chi connectivity index (χ3v) is 5.94. The molecule has 0 radical (unpaired) electrons. The van der Waals surface area contributed by atoms with Crippen LogP contribution in [0.15, 0.2) is 36.4 Å². The van der Waals surface area contributed by atoms with Crippen molar-refractivity contribution in [3.63, 3.8) is 0 Å². The van der Waals surface area contributed by atoms with Crippen LogP contribution in [0.3, 0.4) is 0 Å². The molecule has 29 heavy (non-hydrogen) atoms. The van der Waals surface area contributed by atoms with Gasteiger partial charge >= 0.3 is 0 Å². The van der Waals surface area contributed by atoms with Gasteiger partial charge in [-0.1, -0.05) is 17.7 Å². The standard InChI is InChI=1S/C20H17ClN4O3S/c1-11-5-12(2)7-14(6-11)24-19(16-9-29-10-18(16)23-24)22-20(26)15-8-13(25(27)28)3-4-17(15)21/h3-8H,9-10H2,1-2H3,(H,22,26). The number of fused-ring (bicyclic) bond motifs is 1. The lowest BCUT2D eigenvalue weighted by atomic mass is 10.1. The second-order valence-electron chi connectivity index (χ2n) is 6.90. The van der Waals surface area contributed by atoms with Crippen LogP contribution in [-0.4, -0.2) is 20.6 Å². The first kappa shape index (κ1) is 19.5. The molecule has 0 saturated carbocycles. The number of nitrogens with zero attached hydrogens (tertiary/aromatic N) is 3. The molecule has 0 unspecified atom stereocenters. The summed E-state index contributed by atoms with van der Waals surface area (Å²) in [5.41, 5.74) is 4.77. The summed E-state index contributed by atoms with van der Waals surface area (Å²) >= 11 is 7.87. The number of nitro benzene ring substituents is 1. The summed E-state index contributed by atoms with van der Waals surface area (Å²) < 4.78 is 1.73. The Hall–Kier alpha value is -2.84. The molecule has 4 rings (SSSR count). The number of rotatable bonds is 4. The van der Waals surface area contributed by atoms with Crippen molar-refractivity contribution in [1.82, 2.24) is 9.78 Å². The third kappa shape index (κ3) is 3.73. The molecule has 0 saturated heterocycles. The van der Waals surface area contributed by atoms with Crippen LogP contribution in [0, 0.1) is 24.0 Å². The Morgan fingerprint density at radius 1 is 1.21 bits per heavy atom. The molecule has 1 aromatic heterocycles. The molecule has 148 valence electrons. The number of nitro groups is 1. The predicted octanol–water partition coefficient (Wildman–Crippen LogP) is 5.05. The summed E-state index contributed by atoms with van der Waals surface area (Å²) in [5.74, 6) is 1.57. The summed E-state index contributed by atoms with van der Waals surface area (Å²) in [7, 11) is 0. The summed E-state index contributed by atoms with van der Waals surface area (Å²) in [6, 6.07) is 9.88. The van der Waals surface area contributed by atoms with Crippen molar-refractivity contribution in [3.8, 4) is 5.69 Å². The number of amides is 1. The normalized spacial score (nSPS) is 12.7. The van der Waals surface area contributed by atoms with Crippen molar-refractivity contribution in [1.29, 1.82) is 0 Å². The third-order valence-electron chi connectivity index (χ3n) is 4.64. The molecule has 0 spiro atoms. The summed E-state index contributed by atoms with van der Waals surface area (Å²) in [6.07, 6.45) is 0. The average Bonchev–Trinajstić information content (AvgIpc) is 3.23. The van der Waals surface area contributed by atoms with Crippen molar-refractivity contribution in [2.45, 2.75) is 25.4 Å². The highest BCUT2D eigenvalue weighted by Gasteiger charge is 2.26. The number of nitrogens with one attached hydrogen (secondary N) is 1. The van der Waals surface area contributed by atoms with Crippen molar-refractivity contribution >= 4 is 40.8 Å². The summed E-state index contributed by atoms with van der Waals surface area (Å²) in [6.45, 7) is 4.01. The lowest BCUT2D eigenvalue weighted by molar-refractivity contribution is -0.384. The monoisotopic (exact) mass is 428 g/mol. The van der Waals surface area contributed by atoms with E-state index in [9.17, 15) is 14.9 Å². The fourth-order valence-corrected chi connectivity index (χ4v) is 4.62. The number of carbonyl (C=O) groups is 1. The first-order valence-electron chi connectivity index (χ1n) is 8.86. The Kier molecular flexibility index (Phi) is 5.06. The van der Waals surface area contributed by atoms with Gasteiger partial charge in [-0.15, -0.1) is 0 Å². The van der Waals surface area contributed by atoms with E-state index in [4.69, 9.17) is 16.7 Å². The number of anilines is 1. The number of hydrogen-bond acceptors (Lipinski definition) is 5. The van der Waals surface area contributed by atoms with E-state index in [2.05, 4.69) is 11.4 Å². The largest absolute Gasteiger partial charge is 0.306 e. The van der Waals surface area contributed by atoms with Gasteiger partial charge in [0.25, 0.3) is 11.6 Å². The Bertz CT molecular complexity index is 1140. The smallest absolute Gasteiger partial charge is 0.270 e. The average molecular weight is 429 g/mol. The van der Waals surface area contributed by atoms with Crippen molar-refractivity contribution in [3.05, 3.63) is 79.5 Å². The zero-order valence-corrected chi connectivity index (χ0v) is 17.3. The van der Waals surface area contributed by atoms with E-state index in [-0.39, 0.29) is 16.3 Å². The molecular weight excluding hydrogens is 412 g/mol. The lowest BCUT2D eigenvalue weighted by Gasteiger charge is -2.13. The van der Waals surface area contributed by atoms with Gasteiger partial charge in [0.1, 0.15) is 5.82 Å². The van der Waals surface area contributed by atoms with Gasteiger partial charge in [0.15, 0.2) is 0 Å². The highest BCUT2D eigenvalue weighted by Crippen LogP contribution is 2.37. The van der Waals surface area contributed by atoms with E-state index >= 15 is 0 Å². The Labute approximate surface area is 176 Å². The predicted molar refractivity (Wildman–Crippen MR) is 114 cm³/mol. The number of hydrogen-bond donors (Lipinski definition) is 1. The minimum absolute atomic E-state index is 0.0495. The van der Waals surface area contributed by atoms with Crippen LogP contribution in [0.2, 0.25) is 5.02 Å². The molecule has 1 amide bonds. The first-order valence-corrected chi connectivity index (χ1v) is 10.4. The zero-order valence-electron chi connectivity index (χ0n) is 15.7. The number of non-ortho nitro benzene ring substituents is 1. The number of thioether (sulfide) groups is 1. The van der Waals surface area contributed by atoms with Gasteiger partial charge in [0, 0.05) is 29.2 Å². The highest BCUT2D eigenvalue weighted by atomic mass is 35.5. The van der Waals surface area contributed by atoms with E-state index in [1.165, 1.54) is 18.2 Å². The SMILES string of the molecule is Cc1cc(C)cc(-n2nc3c(c2NC(=O)c2cc([N+](=O)[O-])ccc2Cl)CSC3)c1. The van der Waals surface area contributed by atoms with Gasteiger partial charge in [-0.2, -0.15) is 16.9 Å². The second kappa shape index (κ2) is 7.53. The molecule has 2 heterocycles. The fourth-order valence-electron chi connectivity index (χ4n) is 3.38. The molecule has 2 aromatic carbocycles. The van der Waals surface area contributed by atoms with Crippen LogP contribution >= 0.6 is 23.4 Å². The quantitative estimate of drug-likeness (QED) is 0.464. The lowest BCUT2D eigenvalue weighted by Crippen LogP contribution is -2.17. The molecule has 0 aliphatic carbocycles. The van der Waals surface area contributed by atoms with Crippen LogP contribution in [0.25, 0.3) is 5.69 Å². The van der Waals surface area contributed by atoms with Crippen LogP contribution in [0.4, 0.5) is 11.5 Å². The maximum Gasteiger partial charge on any atom is 0.270 e. The minimum Gasteiger partial charge on any atom is -0.306 e. The van der Waals surface area contributed by atoms with Crippen molar-refractivity contribution in [2.75, 3.05) is 5.32 Å². The van der Waals surface area contributed by atoms with Gasteiger partial charge in [-0.05, 0) is 43.2 Å². The fraction of sp³-hybridized carbons (Fsp3) is 0.200. The van der Waals surface area contributed by atoms with Crippen LogP contribution in [-0.2, 0) is 11.5 Å². The zero-order chi connectivity index (χ0) is 20.7. The Balaban J connectivity index is 1.77. The van der Waals surface area contributed by atoms with Gasteiger partial charge in [-0.3, -0.25) is 14.9 Å². The van der Waals surface area contributed by atoms with Crippen LogP contribution in [0.1, 0.15) is 32.7 Å². The van der Waals surface area contributed by atoms with Gasteiger partial charge in [-0.25, -0.2) is 4.68 Å². The van der Waals surface area contributed by atoms with Crippen molar-refractivity contribution < 1.29 is 9.72 Å². The van der Waals surface area contributed by atoms with Crippen LogP contribution < -0.4 is 5.32 Å². The van der Waals surface area contributed by atoms with E-state index in [1.807, 2.05) is 26.0 Å². The van der Waals surface area contributed by atoms with E-state index in [1.54, 1.807) is 16.4 Å². The number of aryl methyl sites for hydroxylation is 2. The molecule has 7 nitrogen and oxygen atoms in total. The summed E-state index contributed by atoms with van der Waals surface area (Å²) in [4.78, 5) is 23.5. The molecule has 9 heteroatoms. The highest BCUT2D eigenvalue weighted by molar-refractivity contribution is 7.98. The Morgan fingerprint density at radius 3 is 2.62 bits per heavy atom. The molecule has 1 N–H and O–H groups in total. The summed E-state index contributed by atoms with van der Waals surface area (Å²) in [5, 5.41) is 18.8. The van der Waals surface area contributed by atoms with Gasteiger partial charge in [0.05, 0.1) is 26.9 Å². The molecule has 0 bridgehead atoms. The molecule has 1 aliphatic heterocycles. The molecule has 0 fully saturated rings. The number of carbonyl (C=O) groups excluding carboxylic acids is 1. The van der Waals surface area contributed by atoms with Crippen molar-refractivity contribution in [2.24, 2.45) is 0 Å². The topological polar surface area (TPSA) is 90.1 Å². The second-order valence-corrected chi connectivity index (χ2v) is 8.29. The number of benzene rings is 2. The molecular formula is C20H17ClN4O3S. The molecule has 1 aliphatic rings. The first-order chi connectivity index (χ1) is 13.8. The molecule has 3 aromatic rings. The minimum atomic E-state index is -0.554. The van der Waals surface area contributed by atoms with E-state index in [0.717, 1.165) is 39.6 Å². The van der Waals surface area contributed by atoms with E-state index in [0.29, 0.717) is 5.82 Å². The number of aromatic nitrogens is 2. The maximum atomic E-state index is 13.0. The van der Waals surface area contributed by atoms with E-state index < -0.39 is 10.8 Å². The number of halogens is 1.